The normalized spacial score (nSPS) is 18.5. The Morgan fingerprint density at radius 3 is 2.14 bits per heavy atom. The van der Waals surface area contributed by atoms with Gasteiger partial charge in [0.25, 0.3) is 0 Å². The number of esters is 1. The maximum Gasteiger partial charge on any atom is 0.435 e. The minimum absolute atomic E-state index is 0.0647. The monoisotopic (exact) mass is 473 g/mol. The van der Waals surface area contributed by atoms with Gasteiger partial charge in [-0.15, -0.1) is 0 Å². The van der Waals surface area contributed by atoms with Gasteiger partial charge < -0.3 is 14.2 Å². The second-order valence-electron chi connectivity index (χ2n) is 9.04. The molecule has 0 N–H and O–H groups in total. The van der Waals surface area contributed by atoms with E-state index in [9.17, 15) is 9.59 Å². The van der Waals surface area contributed by atoms with E-state index in [1.54, 1.807) is 13.8 Å². The molecule has 7 nitrogen and oxygen atoms in total. The van der Waals surface area contributed by atoms with Crippen molar-refractivity contribution < 1.29 is 28.6 Å². The van der Waals surface area contributed by atoms with Gasteiger partial charge in [-0.2, -0.15) is 5.06 Å². The summed E-state index contributed by atoms with van der Waals surface area (Å²) in [4.78, 5) is 31.7. The van der Waals surface area contributed by atoms with Crippen LogP contribution in [0.1, 0.15) is 36.5 Å². The Bertz CT molecular complexity index is 1180. The molecule has 1 aliphatic carbocycles. The topological polar surface area (TPSA) is 74.3 Å². The fraction of sp³-hybridized carbons (Fsp3) is 0.286. The zero-order valence-electron chi connectivity index (χ0n) is 19.7. The van der Waals surface area contributed by atoms with E-state index in [0.29, 0.717) is 0 Å². The smallest absolute Gasteiger partial charge is 0.435 e. The maximum absolute atomic E-state index is 13.2. The fourth-order valence-corrected chi connectivity index (χ4v) is 4.48. The molecule has 0 radical (unpaired) electrons. The van der Waals surface area contributed by atoms with Gasteiger partial charge in [0.1, 0.15) is 13.2 Å². The van der Waals surface area contributed by atoms with Gasteiger partial charge in [-0.3, -0.25) is 0 Å². The highest BCUT2D eigenvalue weighted by Crippen LogP contribution is 2.44. The van der Waals surface area contributed by atoms with Crippen molar-refractivity contribution in [2.24, 2.45) is 0 Å². The third-order valence-corrected chi connectivity index (χ3v) is 6.20. The number of nitrogens with zero attached hydrogens (tertiary/aromatic N) is 1. The van der Waals surface area contributed by atoms with E-state index in [-0.39, 0.29) is 25.7 Å². The van der Waals surface area contributed by atoms with Crippen LogP contribution < -0.4 is 0 Å². The maximum atomic E-state index is 13.2. The number of amides is 1. The number of hydrogen-bond acceptors (Lipinski definition) is 6. The molecule has 1 aliphatic heterocycles. The molecule has 35 heavy (non-hydrogen) atoms. The van der Waals surface area contributed by atoms with Crippen LogP contribution in [0.2, 0.25) is 0 Å². The Hall–Kier alpha value is -3.68. The number of carbonyl (C=O) groups excluding carboxylic acids is 2. The lowest BCUT2D eigenvalue weighted by molar-refractivity contribution is -0.365. The Balaban J connectivity index is 1.30. The first kappa shape index (κ1) is 23.1. The summed E-state index contributed by atoms with van der Waals surface area (Å²) in [6, 6.07) is 24.4. The van der Waals surface area contributed by atoms with Crippen LogP contribution in [-0.2, 0) is 30.4 Å². The standard InChI is InChI=1S/C28H27NO6/c1-28(2)34-18-25(26(30)32-16-19-10-4-3-5-11-19)29(35-28)27(31)33-17-24-22-14-8-6-12-20(22)21-13-7-9-15-23(21)24/h3-15,24-25H,16-18H2,1-2H3/t25-/m0/s1. The van der Waals surface area contributed by atoms with Crippen LogP contribution in [0, 0.1) is 0 Å². The summed E-state index contributed by atoms with van der Waals surface area (Å²) >= 11 is 0. The summed E-state index contributed by atoms with van der Waals surface area (Å²) < 4.78 is 16.8. The molecule has 1 fully saturated rings. The Kier molecular flexibility index (Phi) is 6.28. The summed E-state index contributed by atoms with van der Waals surface area (Å²) in [5.74, 6) is -1.83. The van der Waals surface area contributed by atoms with Gasteiger partial charge in [-0.1, -0.05) is 78.9 Å². The number of carbonyl (C=O) groups is 2. The third-order valence-electron chi connectivity index (χ3n) is 6.20. The molecule has 7 heteroatoms. The van der Waals surface area contributed by atoms with Crippen molar-refractivity contribution >= 4 is 12.1 Å². The average Bonchev–Trinajstić information content (AvgIpc) is 3.19. The van der Waals surface area contributed by atoms with E-state index < -0.39 is 23.9 Å². The molecule has 1 amide bonds. The van der Waals surface area contributed by atoms with E-state index in [1.165, 1.54) is 0 Å². The van der Waals surface area contributed by atoms with Crippen molar-refractivity contribution in [2.75, 3.05) is 13.2 Å². The zero-order chi connectivity index (χ0) is 24.4. The SMILES string of the molecule is CC1(C)OC[C@@H](C(=O)OCc2ccccc2)N(C(=O)OCC2c3ccccc3-c3ccccc32)O1. The third kappa shape index (κ3) is 4.78. The fourth-order valence-electron chi connectivity index (χ4n) is 4.48. The molecule has 1 heterocycles. The molecule has 1 atom stereocenters. The molecule has 1 saturated heterocycles. The number of hydroxylamine groups is 2. The minimum atomic E-state index is -1.10. The van der Waals surface area contributed by atoms with Crippen LogP contribution in [0.5, 0.6) is 0 Å². The average molecular weight is 474 g/mol. The zero-order valence-corrected chi connectivity index (χ0v) is 19.7. The van der Waals surface area contributed by atoms with Crippen molar-refractivity contribution in [3.05, 3.63) is 95.6 Å². The van der Waals surface area contributed by atoms with Crippen LogP contribution in [0.3, 0.4) is 0 Å². The number of fused-ring (bicyclic) bond motifs is 3. The van der Waals surface area contributed by atoms with Crippen LogP contribution in [0.4, 0.5) is 4.79 Å². The highest BCUT2D eigenvalue weighted by Gasteiger charge is 2.44. The molecule has 2 aliphatic rings. The lowest BCUT2D eigenvalue weighted by Crippen LogP contribution is -2.57. The largest absolute Gasteiger partial charge is 0.459 e. The number of rotatable bonds is 5. The van der Waals surface area contributed by atoms with Crippen LogP contribution >= 0.6 is 0 Å². The number of ether oxygens (including phenoxy) is 3. The summed E-state index contributed by atoms with van der Waals surface area (Å²) in [6.45, 7) is 3.47. The molecular weight excluding hydrogens is 446 g/mol. The predicted molar refractivity (Wildman–Crippen MR) is 128 cm³/mol. The first-order valence-corrected chi connectivity index (χ1v) is 11.6. The first-order chi connectivity index (χ1) is 16.9. The molecule has 5 rings (SSSR count). The predicted octanol–water partition coefficient (Wildman–Crippen LogP) is 5.05. The van der Waals surface area contributed by atoms with Gasteiger partial charge in [0.2, 0.25) is 0 Å². The molecular formula is C28H27NO6. The molecule has 0 saturated carbocycles. The van der Waals surface area contributed by atoms with Crippen molar-refractivity contribution in [1.82, 2.24) is 5.06 Å². The second kappa shape index (κ2) is 9.52. The van der Waals surface area contributed by atoms with E-state index >= 15 is 0 Å². The van der Waals surface area contributed by atoms with E-state index in [1.807, 2.05) is 66.7 Å². The Morgan fingerprint density at radius 2 is 1.49 bits per heavy atom. The molecule has 0 unspecified atom stereocenters. The summed E-state index contributed by atoms with van der Waals surface area (Å²) in [6.07, 6.45) is -0.759. The highest BCUT2D eigenvalue weighted by molar-refractivity contribution is 5.82. The van der Waals surface area contributed by atoms with Crippen LogP contribution in [0.25, 0.3) is 11.1 Å². The van der Waals surface area contributed by atoms with Gasteiger partial charge in [0, 0.05) is 5.92 Å². The van der Waals surface area contributed by atoms with Crippen molar-refractivity contribution in [3.63, 3.8) is 0 Å². The molecule has 3 aromatic carbocycles. The summed E-state index contributed by atoms with van der Waals surface area (Å²) in [5, 5.41) is 0.948. The van der Waals surface area contributed by atoms with Crippen molar-refractivity contribution in [1.29, 1.82) is 0 Å². The Morgan fingerprint density at radius 1 is 0.886 bits per heavy atom. The molecule has 3 aromatic rings. The van der Waals surface area contributed by atoms with E-state index in [4.69, 9.17) is 19.0 Å². The van der Waals surface area contributed by atoms with Crippen molar-refractivity contribution in [2.45, 2.75) is 38.2 Å². The summed E-state index contributed by atoms with van der Waals surface area (Å²) in [5.41, 5.74) is 5.31. The minimum Gasteiger partial charge on any atom is -0.459 e. The summed E-state index contributed by atoms with van der Waals surface area (Å²) in [7, 11) is 0. The highest BCUT2D eigenvalue weighted by atomic mass is 16.8. The Labute approximate surface area is 204 Å². The number of hydrogen-bond donors (Lipinski definition) is 0. The molecule has 0 aromatic heterocycles. The van der Waals surface area contributed by atoms with E-state index in [2.05, 4.69) is 12.1 Å². The van der Waals surface area contributed by atoms with Gasteiger partial charge in [-0.25, -0.2) is 14.4 Å². The van der Waals surface area contributed by atoms with Gasteiger partial charge in [0.05, 0.1) is 6.61 Å². The van der Waals surface area contributed by atoms with Crippen molar-refractivity contribution in [3.8, 4) is 11.1 Å². The van der Waals surface area contributed by atoms with E-state index in [0.717, 1.165) is 32.9 Å². The van der Waals surface area contributed by atoms with Gasteiger partial charge >= 0.3 is 12.1 Å². The molecule has 0 bridgehead atoms. The molecule has 180 valence electrons. The second-order valence-corrected chi connectivity index (χ2v) is 9.04. The van der Waals surface area contributed by atoms with Crippen LogP contribution in [0.15, 0.2) is 78.9 Å². The quantitative estimate of drug-likeness (QED) is 0.483. The lowest BCUT2D eigenvalue weighted by atomic mass is 9.98. The molecule has 0 spiro atoms. The van der Waals surface area contributed by atoms with Gasteiger partial charge in [0.15, 0.2) is 11.8 Å². The first-order valence-electron chi connectivity index (χ1n) is 11.6. The number of benzene rings is 3. The lowest BCUT2D eigenvalue weighted by Gasteiger charge is -2.40. The van der Waals surface area contributed by atoms with Crippen LogP contribution in [-0.4, -0.2) is 42.2 Å². The van der Waals surface area contributed by atoms with Gasteiger partial charge in [-0.05, 0) is 41.7 Å².